The van der Waals surface area contributed by atoms with Crippen molar-refractivity contribution >= 4 is 11.7 Å². The van der Waals surface area contributed by atoms with E-state index in [4.69, 9.17) is 10.5 Å². The fourth-order valence-electron chi connectivity index (χ4n) is 3.60. The Labute approximate surface area is 155 Å². The zero-order chi connectivity index (χ0) is 18.4. The van der Waals surface area contributed by atoms with Crippen molar-refractivity contribution in [2.75, 3.05) is 50.8 Å². The van der Waals surface area contributed by atoms with E-state index >= 15 is 0 Å². The number of nitrogens with one attached hydrogen (secondary N) is 1. The van der Waals surface area contributed by atoms with Crippen LogP contribution in [0, 0.1) is 5.92 Å². The molecule has 1 atom stereocenters. The van der Waals surface area contributed by atoms with Crippen LogP contribution in [0.2, 0.25) is 0 Å². The Kier molecular flexibility index (Phi) is 6.82. The lowest BCUT2D eigenvalue weighted by Gasteiger charge is -2.34. The maximum absolute atomic E-state index is 12.3. The number of likely N-dealkylation sites (N-methyl/N-ethyl adjacent to an activating group) is 1. The molecule has 0 saturated carbocycles. The second kappa shape index (κ2) is 9.30. The smallest absolute Gasteiger partial charge is 0.237 e. The number of anilines is 1. The molecular weight excluding hydrogens is 330 g/mol. The number of nitrogens with two attached hydrogens (primary N) is 1. The van der Waals surface area contributed by atoms with Gasteiger partial charge in [-0.05, 0) is 36.9 Å². The van der Waals surface area contributed by atoms with E-state index in [1.165, 1.54) is 0 Å². The number of aromatic nitrogens is 1. The van der Waals surface area contributed by atoms with Gasteiger partial charge in [0, 0.05) is 52.1 Å². The molecule has 0 bridgehead atoms. The summed E-state index contributed by atoms with van der Waals surface area (Å²) >= 11 is 0. The Morgan fingerprint density at radius 1 is 1.31 bits per heavy atom. The summed E-state index contributed by atoms with van der Waals surface area (Å²) in [6, 6.07) is 3.62. The Morgan fingerprint density at radius 2 is 2.04 bits per heavy atom. The SMILES string of the molecule is CCN1CCN(c2ccc(CNC(=O)C(N)C3CCOCC3)cn2)CC1. The molecule has 2 aliphatic rings. The number of hydrogen-bond acceptors (Lipinski definition) is 6. The van der Waals surface area contributed by atoms with Crippen LogP contribution in [0.25, 0.3) is 0 Å². The van der Waals surface area contributed by atoms with Gasteiger partial charge in [0.05, 0.1) is 6.04 Å². The molecule has 7 heteroatoms. The third-order valence-electron chi connectivity index (χ3n) is 5.50. The summed E-state index contributed by atoms with van der Waals surface area (Å²) in [7, 11) is 0. The van der Waals surface area contributed by atoms with Crippen molar-refractivity contribution in [1.29, 1.82) is 0 Å². The Bertz CT molecular complexity index is 566. The molecule has 1 aromatic rings. The highest BCUT2D eigenvalue weighted by molar-refractivity contribution is 5.81. The zero-order valence-corrected chi connectivity index (χ0v) is 15.7. The first kappa shape index (κ1) is 19.1. The van der Waals surface area contributed by atoms with Gasteiger partial charge in [-0.2, -0.15) is 0 Å². The molecule has 2 saturated heterocycles. The van der Waals surface area contributed by atoms with Crippen LogP contribution in [-0.4, -0.2) is 67.8 Å². The molecule has 0 spiro atoms. The Balaban J connectivity index is 1.46. The predicted octanol–water partition coefficient (Wildman–Crippen LogP) is 0.594. The average molecular weight is 361 g/mol. The third-order valence-corrected chi connectivity index (χ3v) is 5.50. The molecule has 1 amide bonds. The van der Waals surface area contributed by atoms with Crippen LogP contribution >= 0.6 is 0 Å². The average Bonchev–Trinajstić information content (AvgIpc) is 2.72. The van der Waals surface area contributed by atoms with Crippen LogP contribution in [0.3, 0.4) is 0 Å². The molecule has 1 aromatic heterocycles. The molecule has 2 fully saturated rings. The highest BCUT2D eigenvalue weighted by Crippen LogP contribution is 2.18. The first-order chi connectivity index (χ1) is 12.7. The third kappa shape index (κ3) is 4.93. The highest BCUT2D eigenvalue weighted by Gasteiger charge is 2.26. The van der Waals surface area contributed by atoms with Crippen LogP contribution in [0.5, 0.6) is 0 Å². The van der Waals surface area contributed by atoms with Crippen LogP contribution in [-0.2, 0) is 16.1 Å². The largest absolute Gasteiger partial charge is 0.381 e. The summed E-state index contributed by atoms with van der Waals surface area (Å²) in [4.78, 5) is 21.6. The Morgan fingerprint density at radius 3 is 2.65 bits per heavy atom. The van der Waals surface area contributed by atoms with E-state index in [-0.39, 0.29) is 11.8 Å². The summed E-state index contributed by atoms with van der Waals surface area (Å²) in [5.41, 5.74) is 7.10. The lowest BCUT2D eigenvalue weighted by atomic mass is 9.92. The standard InChI is InChI=1S/C19H31N5O2/c1-2-23-7-9-24(10-8-23)17-4-3-15(13-21-17)14-22-19(25)18(20)16-5-11-26-12-6-16/h3-4,13,16,18H,2,5-12,14,20H2,1H3,(H,22,25). The lowest BCUT2D eigenvalue weighted by molar-refractivity contribution is -0.124. The van der Waals surface area contributed by atoms with Crippen molar-refractivity contribution in [2.24, 2.45) is 11.7 Å². The second-order valence-electron chi connectivity index (χ2n) is 7.14. The number of piperazine rings is 1. The number of ether oxygens (including phenoxy) is 1. The van der Waals surface area contributed by atoms with Gasteiger partial charge in [0.1, 0.15) is 5.82 Å². The number of pyridine rings is 1. The monoisotopic (exact) mass is 361 g/mol. The summed E-state index contributed by atoms with van der Waals surface area (Å²) in [5.74, 6) is 1.14. The summed E-state index contributed by atoms with van der Waals surface area (Å²) in [6.45, 7) is 9.36. The minimum absolute atomic E-state index is 0.0864. The molecule has 1 unspecified atom stereocenters. The van der Waals surface area contributed by atoms with Gasteiger partial charge in [-0.15, -0.1) is 0 Å². The lowest BCUT2D eigenvalue weighted by Crippen LogP contribution is -2.47. The van der Waals surface area contributed by atoms with Crippen molar-refractivity contribution in [2.45, 2.75) is 32.4 Å². The number of nitrogens with zero attached hydrogens (tertiary/aromatic N) is 3. The number of hydrogen-bond donors (Lipinski definition) is 2. The predicted molar refractivity (Wildman–Crippen MR) is 102 cm³/mol. The minimum Gasteiger partial charge on any atom is -0.381 e. The topological polar surface area (TPSA) is 83.7 Å². The first-order valence-electron chi connectivity index (χ1n) is 9.70. The van der Waals surface area contributed by atoms with Crippen LogP contribution in [0.4, 0.5) is 5.82 Å². The Hall–Kier alpha value is -1.70. The quantitative estimate of drug-likeness (QED) is 0.772. The molecule has 3 rings (SSSR count). The maximum atomic E-state index is 12.3. The number of rotatable bonds is 6. The van der Waals surface area contributed by atoms with Crippen molar-refractivity contribution in [1.82, 2.24) is 15.2 Å². The molecule has 3 N–H and O–H groups in total. The van der Waals surface area contributed by atoms with E-state index in [2.05, 4.69) is 27.0 Å². The molecule has 144 valence electrons. The van der Waals surface area contributed by atoms with Crippen molar-refractivity contribution in [3.63, 3.8) is 0 Å². The summed E-state index contributed by atoms with van der Waals surface area (Å²) < 4.78 is 5.33. The molecule has 7 nitrogen and oxygen atoms in total. The second-order valence-corrected chi connectivity index (χ2v) is 7.14. The van der Waals surface area contributed by atoms with Crippen molar-refractivity contribution < 1.29 is 9.53 Å². The van der Waals surface area contributed by atoms with Gasteiger partial charge in [0.2, 0.25) is 5.91 Å². The highest BCUT2D eigenvalue weighted by atomic mass is 16.5. The molecule has 0 aliphatic carbocycles. The number of amides is 1. The summed E-state index contributed by atoms with van der Waals surface area (Å²) in [5, 5.41) is 2.94. The van der Waals surface area contributed by atoms with Crippen molar-refractivity contribution in [3.05, 3.63) is 23.9 Å². The molecule has 3 heterocycles. The van der Waals surface area contributed by atoms with Crippen LogP contribution in [0.15, 0.2) is 18.3 Å². The molecule has 2 aliphatic heterocycles. The van der Waals surface area contributed by atoms with Crippen LogP contribution < -0.4 is 16.0 Å². The normalized spacial score (nSPS) is 20.8. The van der Waals surface area contributed by atoms with E-state index in [9.17, 15) is 4.79 Å². The van der Waals surface area contributed by atoms with Gasteiger partial charge < -0.3 is 25.6 Å². The minimum atomic E-state index is -0.457. The van der Waals surface area contributed by atoms with E-state index < -0.39 is 6.04 Å². The van der Waals surface area contributed by atoms with E-state index in [0.29, 0.717) is 19.8 Å². The van der Waals surface area contributed by atoms with E-state index in [1.807, 2.05) is 18.3 Å². The maximum Gasteiger partial charge on any atom is 0.237 e. The fraction of sp³-hybridized carbons (Fsp3) is 0.684. The van der Waals surface area contributed by atoms with Gasteiger partial charge in [0.15, 0.2) is 0 Å². The van der Waals surface area contributed by atoms with Gasteiger partial charge >= 0.3 is 0 Å². The zero-order valence-electron chi connectivity index (χ0n) is 15.7. The van der Waals surface area contributed by atoms with Crippen molar-refractivity contribution in [3.8, 4) is 0 Å². The van der Waals surface area contributed by atoms with Gasteiger partial charge in [0.25, 0.3) is 0 Å². The van der Waals surface area contributed by atoms with Gasteiger partial charge in [-0.1, -0.05) is 13.0 Å². The molecule has 0 aromatic carbocycles. The fourth-order valence-corrected chi connectivity index (χ4v) is 3.60. The van der Waals surface area contributed by atoms with E-state index in [0.717, 1.165) is 56.9 Å². The molecule has 0 radical (unpaired) electrons. The van der Waals surface area contributed by atoms with Gasteiger partial charge in [-0.25, -0.2) is 4.98 Å². The molecular formula is C19H31N5O2. The van der Waals surface area contributed by atoms with E-state index in [1.54, 1.807) is 0 Å². The molecule has 26 heavy (non-hydrogen) atoms. The van der Waals surface area contributed by atoms with Crippen LogP contribution in [0.1, 0.15) is 25.3 Å². The van der Waals surface area contributed by atoms with Gasteiger partial charge in [-0.3, -0.25) is 4.79 Å². The number of carbonyl (C=O) groups excluding carboxylic acids is 1. The number of carbonyl (C=O) groups is 1. The summed E-state index contributed by atoms with van der Waals surface area (Å²) in [6.07, 6.45) is 3.56. The first-order valence-corrected chi connectivity index (χ1v) is 9.70.